The van der Waals surface area contributed by atoms with Crippen molar-refractivity contribution >= 4 is 0 Å². The Morgan fingerprint density at radius 3 is 3.00 bits per heavy atom. The Morgan fingerprint density at radius 1 is 1.38 bits per heavy atom. The summed E-state index contributed by atoms with van der Waals surface area (Å²) in [5.41, 5.74) is 1.49. The number of hydrogen-bond donors (Lipinski definition) is 2. The zero-order valence-electron chi connectivity index (χ0n) is 12.1. The van der Waals surface area contributed by atoms with Crippen molar-refractivity contribution in [2.24, 2.45) is 0 Å². The molecule has 21 heavy (non-hydrogen) atoms. The molecule has 1 aliphatic rings. The van der Waals surface area contributed by atoms with Crippen molar-refractivity contribution in [3.05, 3.63) is 46.4 Å². The molecule has 1 fully saturated rings. The molecular weight excluding hydrogens is 266 g/mol. The van der Waals surface area contributed by atoms with Crippen LogP contribution in [0.2, 0.25) is 0 Å². The molecule has 5 nitrogen and oxygen atoms in total. The highest BCUT2D eigenvalue weighted by atomic mass is 16.5. The highest BCUT2D eigenvalue weighted by molar-refractivity contribution is 5.57. The molecule has 5 heteroatoms. The van der Waals surface area contributed by atoms with Gasteiger partial charge in [-0.1, -0.05) is 12.1 Å². The molecular formula is C16H19N3O2. The van der Waals surface area contributed by atoms with Gasteiger partial charge in [0.15, 0.2) is 0 Å². The van der Waals surface area contributed by atoms with Gasteiger partial charge in [0.05, 0.1) is 12.3 Å². The van der Waals surface area contributed by atoms with Crippen LogP contribution in [-0.2, 0) is 6.54 Å². The minimum absolute atomic E-state index is 0.130. The quantitative estimate of drug-likeness (QED) is 0.853. The lowest BCUT2D eigenvalue weighted by atomic mass is 10.2. The second-order valence-electron chi connectivity index (χ2n) is 5.20. The molecule has 0 spiro atoms. The second-order valence-corrected chi connectivity index (χ2v) is 5.20. The van der Waals surface area contributed by atoms with Crippen LogP contribution < -0.4 is 15.6 Å². The molecule has 1 saturated carbocycles. The van der Waals surface area contributed by atoms with Gasteiger partial charge in [0.1, 0.15) is 11.6 Å². The van der Waals surface area contributed by atoms with Crippen molar-refractivity contribution in [3.8, 4) is 17.1 Å². The Morgan fingerprint density at radius 2 is 2.24 bits per heavy atom. The Balaban J connectivity index is 1.86. The van der Waals surface area contributed by atoms with Crippen LogP contribution in [0.15, 0.2) is 35.1 Å². The number of rotatable bonds is 6. The van der Waals surface area contributed by atoms with Gasteiger partial charge < -0.3 is 15.0 Å². The molecule has 1 aliphatic carbocycles. The first-order valence-electron chi connectivity index (χ1n) is 7.31. The van der Waals surface area contributed by atoms with Gasteiger partial charge in [-0.05, 0) is 31.9 Å². The van der Waals surface area contributed by atoms with E-state index in [1.54, 1.807) is 6.07 Å². The molecule has 1 heterocycles. The van der Waals surface area contributed by atoms with Crippen LogP contribution in [0, 0.1) is 0 Å². The fourth-order valence-electron chi connectivity index (χ4n) is 2.17. The van der Waals surface area contributed by atoms with E-state index in [4.69, 9.17) is 4.74 Å². The van der Waals surface area contributed by atoms with Crippen LogP contribution in [0.4, 0.5) is 0 Å². The largest absolute Gasteiger partial charge is 0.494 e. The normalized spacial score (nSPS) is 14.1. The zero-order chi connectivity index (χ0) is 14.7. The summed E-state index contributed by atoms with van der Waals surface area (Å²) < 4.78 is 5.48. The molecule has 0 atom stereocenters. The number of benzene rings is 1. The first-order chi connectivity index (χ1) is 10.2. The number of nitrogens with zero attached hydrogens (tertiary/aromatic N) is 1. The topological polar surface area (TPSA) is 67.0 Å². The van der Waals surface area contributed by atoms with Crippen molar-refractivity contribution < 1.29 is 4.74 Å². The number of H-pyrrole nitrogens is 1. The third kappa shape index (κ3) is 3.70. The van der Waals surface area contributed by atoms with E-state index in [0.717, 1.165) is 17.0 Å². The predicted octanol–water partition coefficient (Wildman–Crippen LogP) is 2.09. The van der Waals surface area contributed by atoms with Crippen molar-refractivity contribution in [1.82, 2.24) is 15.3 Å². The lowest BCUT2D eigenvalue weighted by Crippen LogP contribution is -2.19. The molecule has 0 aliphatic heterocycles. The minimum Gasteiger partial charge on any atom is -0.494 e. The maximum Gasteiger partial charge on any atom is 0.251 e. The molecule has 1 aromatic carbocycles. The zero-order valence-corrected chi connectivity index (χ0v) is 12.1. The van der Waals surface area contributed by atoms with Gasteiger partial charge in [0.2, 0.25) is 0 Å². The van der Waals surface area contributed by atoms with Gasteiger partial charge in [-0.3, -0.25) is 4.79 Å². The van der Waals surface area contributed by atoms with Crippen LogP contribution in [0.25, 0.3) is 11.4 Å². The first kappa shape index (κ1) is 13.8. The van der Waals surface area contributed by atoms with Crippen LogP contribution in [0.1, 0.15) is 25.5 Å². The standard InChI is InChI=1S/C16H19N3O2/c1-2-21-14-5-3-4-11(8-14)16-18-13(9-15(20)19-16)10-17-12-6-7-12/h3-5,8-9,12,17H,2,6-7,10H2,1H3,(H,18,19,20). The van der Waals surface area contributed by atoms with E-state index in [1.165, 1.54) is 12.8 Å². The average molecular weight is 285 g/mol. The summed E-state index contributed by atoms with van der Waals surface area (Å²) in [6, 6.07) is 9.74. The third-order valence-corrected chi connectivity index (χ3v) is 3.36. The maximum atomic E-state index is 11.8. The Labute approximate surface area is 123 Å². The molecule has 2 N–H and O–H groups in total. The van der Waals surface area contributed by atoms with E-state index >= 15 is 0 Å². The highest BCUT2D eigenvalue weighted by Crippen LogP contribution is 2.21. The van der Waals surface area contributed by atoms with Crippen LogP contribution in [0.3, 0.4) is 0 Å². The lowest BCUT2D eigenvalue weighted by molar-refractivity contribution is 0.340. The van der Waals surface area contributed by atoms with Gasteiger partial charge in [-0.25, -0.2) is 4.98 Å². The summed E-state index contributed by atoms with van der Waals surface area (Å²) in [5, 5.41) is 3.37. The van der Waals surface area contributed by atoms with Gasteiger partial charge in [0, 0.05) is 24.2 Å². The summed E-state index contributed by atoms with van der Waals surface area (Å²) in [4.78, 5) is 19.1. The average Bonchev–Trinajstić information content (AvgIpc) is 3.29. The molecule has 0 unspecified atom stereocenters. The van der Waals surface area contributed by atoms with Crippen molar-refractivity contribution in [3.63, 3.8) is 0 Å². The Kier molecular flexibility index (Phi) is 4.01. The molecule has 3 rings (SSSR count). The Hall–Kier alpha value is -2.14. The summed E-state index contributed by atoms with van der Waals surface area (Å²) in [6.45, 7) is 3.18. The molecule has 110 valence electrons. The summed E-state index contributed by atoms with van der Waals surface area (Å²) in [6.07, 6.45) is 2.43. The maximum absolute atomic E-state index is 11.8. The summed E-state index contributed by atoms with van der Waals surface area (Å²) in [7, 11) is 0. The minimum atomic E-state index is -0.130. The number of aromatic amines is 1. The number of nitrogens with one attached hydrogen (secondary N) is 2. The molecule has 0 amide bonds. The first-order valence-corrected chi connectivity index (χ1v) is 7.31. The number of hydrogen-bond acceptors (Lipinski definition) is 4. The van der Waals surface area contributed by atoms with Crippen molar-refractivity contribution in [2.75, 3.05) is 6.61 Å². The van der Waals surface area contributed by atoms with Crippen LogP contribution >= 0.6 is 0 Å². The van der Waals surface area contributed by atoms with Crippen LogP contribution in [-0.4, -0.2) is 22.6 Å². The van der Waals surface area contributed by atoms with E-state index in [0.29, 0.717) is 25.0 Å². The fraction of sp³-hybridized carbons (Fsp3) is 0.375. The van der Waals surface area contributed by atoms with Crippen molar-refractivity contribution in [2.45, 2.75) is 32.4 Å². The molecule has 2 aromatic rings. The van der Waals surface area contributed by atoms with Gasteiger partial charge in [-0.15, -0.1) is 0 Å². The summed E-state index contributed by atoms with van der Waals surface area (Å²) >= 11 is 0. The molecule has 1 aromatic heterocycles. The van der Waals surface area contributed by atoms with Gasteiger partial charge in [-0.2, -0.15) is 0 Å². The fourth-order valence-corrected chi connectivity index (χ4v) is 2.17. The summed E-state index contributed by atoms with van der Waals surface area (Å²) in [5.74, 6) is 1.36. The molecule has 0 bridgehead atoms. The van der Waals surface area contributed by atoms with Crippen molar-refractivity contribution in [1.29, 1.82) is 0 Å². The highest BCUT2D eigenvalue weighted by Gasteiger charge is 2.20. The lowest BCUT2D eigenvalue weighted by Gasteiger charge is -2.07. The van der Waals surface area contributed by atoms with E-state index < -0.39 is 0 Å². The van der Waals surface area contributed by atoms with E-state index in [2.05, 4.69) is 15.3 Å². The third-order valence-electron chi connectivity index (χ3n) is 3.36. The van der Waals surface area contributed by atoms with E-state index in [-0.39, 0.29) is 5.56 Å². The smallest absolute Gasteiger partial charge is 0.251 e. The van der Waals surface area contributed by atoms with E-state index in [1.807, 2.05) is 31.2 Å². The SMILES string of the molecule is CCOc1cccc(-c2nc(CNC3CC3)cc(=O)[nH]2)c1. The number of aromatic nitrogens is 2. The van der Waals surface area contributed by atoms with E-state index in [9.17, 15) is 4.79 Å². The predicted molar refractivity (Wildman–Crippen MR) is 81.3 cm³/mol. The molecule has 0 saturated heterocycles. The second kappa shape index (κ2) is 6.10. The van der Waals surface area contributed by atoms with Gasteiger partial charge >= 0.3 is 0 Å². The molecule has 0 radical (unpaired) electrons. The Bertz CT molecular complexity index is 677. The monoisotopic (exact) mass is 285 g/mol. The van der Waals surface area contributed by atoms with Crippen LogP contribution in [0.5, 0.6) is 5.75 Å². The van der Waals surface area contributed by atoms with Gasteiger partial charge in [0.25, 0.3) is 5.56 Å². The number of ether oxygens (including phenoxy) is 1.